The van der Waals surface area contributed by atoms with Crippen LogP contribution in [0.25, 0.3) is 10.9 Å². The van der Waals surface area contributed by atoms with E-state index in [1.807, 2.05) is 43.1 Å². The largest absolute Gasteiger partial charge is 0.491 e. The van der Waals surface area contributed by atoms with Gasteiger partial charge in [-0.15, -0.1) is 0 Å². The van der Waals surface area contributed by atoms with E-state index in [2.05, 4.69) is 25.2 Å². The maximum atomic E-state index is 12.8. The Morgan fingerprint density at radius 2 is 1.65 bits per heavy atom. The van der Waals surface area contributed by atoms with Crippen LogP contribution in [-0.2, 0) is 9.47 Å². The summed E-state index contributed by atoms with van der Waals surface area (Å²) in [5.41, 5.74) is 4.40. The molecule has 2 saturated heterocycles. The summed E-state index contributed by atoms with van der Waals surface area (Å²) in [7, 11) is 1.65. The number of morpholine rings is 1. The van der Waals surface area contributed by atoms with Crippen molar-refractivity contribution in [1.29, 1.82) is 0 Å². The molecule has 0 unspecified atom stereocenters. The molecule has 2 aliphatic heterocycles. The Labute approximate surface area is 252 Å². The number of anilines is 1. The third kappa shape index (κ3) is 8.44. The van der Waals surface area contributed by atoms with Gasteiger partial charge < -0.3 is 28.6 Å². The highest BCUT2D eigenvalue weighted by atomic mass is 16.5. The summed E-state index contributed by atoms with van der Waals surface area (Å²) in [5, 5.41) is 2.83. The second kappa shape index (κ2) is 15.1. The van der Waals surface area contributed by atoms with Crippen molar-refractivity contribution in [3.8, 4) is 17.2 Å². The summed E-state index contributed by atoms with van der Waals surface area (Å²) in [6.45, 7) is 12.1. The second-order valence-electron chi connectivity index (χ2n) is 10.8. The van der Waals surface area contributed by atoms with E-state index < -0.39 is 0 Å². The predicted molar refractivity (Wildman–Crippen MR) is 163 cm³/mol. The minimum atomic E-state index is -0.143. The first-order chi connectivity index (χ1) is 21.0. The van der Waals surface area contributed by atoms with Gasteiger partial charge in [-0.1, -0.05) is 0 Å². The number of aromatic nitrogens is 2. The van der Waals surface area contributed by atoms with E-state index in [-0.39, 0.29) is 12.0 Å². The zero-order valence-corrected chi connectivity index (χ0v) is 25.3. The number of rotatable bonds is 13. The molecule has 2 aliphatic rings. The number of carbonyl (C=O) groups is 1. The monoisotopic (exact) mass is 594 g/mol. The molecule has 12 heteroatoms. The van der Waals surface area contributed by atoms with E-state index >= 15 is 0 Å². The van der Waals surface area contributed by atoms with Gasteiger partial charge in [-0.3, -0.25) is 15.1 Å². The van der Waals surface area contributed by atoms with E-state index in [1.54, 1.807) is 25.6 Å². The first-order valence-electron chi connectivity index (χ1n) is 14.9. The zero-order chi connectivity index (χ0) is 30.0. The number of nitrogens with zero attached hydrogens (tertiary/aromatic N) is 5. The van der Waals surface area contributed by atoms with Crippen molar-refractivity contribution in [3.63, 3.8) is 0 Å². The van der Waals surface area contributed by atoms with Crippen LogP contribution in [0, 0.1) is 0 Å². The van der Waals surface area contributed by atoms with Gasteiger partial charge in [-0.05, 0) is 44.2 Å². The Bertz CT molecular complexity index is 1330. The van der Waals surface area contributed by atoms with Crippen LogP contribution < -0.4 is 24.5 Å². The quantitative estimate of drug-likeness (QED) is 0.295. The molecule has 12 nitrogen and oxygen atoms in total. The van der Waals surface area contributed by atoms with Crippen LogP contribution in [0.2, 0.25) is 0 Å². The standard InChI is InChI=1S/C31H42N6O6/c1-23(2)43-25-6-4-24(5-7-25)31(38)34-37-10-8-36(9-11-37)30-26-20-28(42-19-18-39-3)29(21-27(26)32-22-33-30)41-17-14-35-12-15-40-16-13-35/h4-7,20-23H,8-19H2,1-3H3,(H,34,38). The maximum Gasteiger partial charge on any atom is 0.265 e. The van der Waals surface area contributed by atoms with Crippen molar-refractivity contribution < 1.29 is 28.5 Å². The molecular weight excluding hydrogens is 552 g/mol. The van der Waals surface area contributed by atoms with E-state index in [0.29, 0.717) is 63.1 Å². The average Bonchev–Trinajstić information content (AvgIpc) is 3.02. The average molecular weight is 595 g/mol. The molecule has 0 radical (unpaired) electrons. The van der Waals surface area contributed by atoms with Crippen LogP contribution >= 0.6 is 0 Å². The number of fused-ring (bicyclic) bond motifs is 1. The van der Waals surface area contributed by atoms with Gasteiger partial charge in [0, 0.05) is 69.9 Å². The van der Waals surface area contributed by atoms with Crippen molar-refractivity contribution >= 4 is 22.6 Å². The van der Waals surface area contributed by atoms with Crippen LogP contribution in [-0.4, -0.2) is 118 Å². The van der Waals surface area contributed by atoms with E-state index in [9.17, 15) is 4.79 Å². The Balaban J connectivity index is 1.23. The SMILES string of the molecule is COCCOc1cc2c(N3CCN(NC(=O)c4ccc(OC(C)C)cc4)CC3)ncnc2cc1OCCN1CCOCC1. The molecule has 1 amide bonds. The van der Waals surface area contributed by atoms with E-state index in [0.717, 1.165) is 55.3 Å². The number of hydrazine groups is 1. The first-order valence-corrected chi connectivity index (χ1v) is 14.9. The number of nitrogens with one attached hydrogen (secondary N) is 1. The molecule has 3 aromatic rings. The molecule has 0 saturated carbocycles. The van der Waals surface area contributed by atoms with Gasteiger partial charge in [0.15, 0.2) is 11.5 Å². The summed E-state index contributed by atoms with van der Waals surface area (Å²) in [6, 6.07) is 11.1. The molecule has 3 heterocycles. The molecule has 2 aromatic carbocycles. The van der Waals surface area contributed by atoms with Crippen molar-refractivity contribution in [1.82, 2.24) is 25.3 Å². The van der Waals surface area contributed by atoms with Crippen LogP contribution in [0.1, 0.15) is 24.2 Å². The van der Waals surface area contributed by atoms with E-state index in [4.69, 9.17) is 23.7 Å². The van der Waals surface area contributed by atoms with Crippen molar-refractivity contribution in [3.05, 3.63) is 48.3 Å². The Hall–Kier alpha value is -3.71. The molecule has 2 fully saturated rings. The third-order valence-electron chi connectivity index (χ3n) is 7.32. The number of hydrogen-bond acceptors (Lipinski definition) is 11. The minimum absolute atomic E-state index is 0.0821. The molecular formula is C31H42N6O6. The normalized spacial score (nSPS) is 16.4. The molecule has 43 heavy (non-hydrogen) atoms. The molecule has 0 bridgehead atoms. The Morgan fingerprint density at radius 3 is 2.37 bits per heavy atom. The molecule has 232 valence electrons. The van der Waals surface area contributed by atoms with Gasteiger partial charge in [0.1, 0.15) is 31.1 Å². The lowest BCUT2D eigenvalue weighted by atomic mass is 10.2. The fraction of sp³-hybridized carbons (Fsp3) is 0.516. The number of amides is 1. The molecule has 0 atom stereocenters. The lowest BCUT2D eigenvalue weighted by Crippen LogP contribution is -2.53. The summed E-state index contributed by atoms with van der Waals surface area (Å²) in [4.78, 5) is 26.6. The van der Waals surface area contributed by atoms with Gasteiger partial charge in [0.05, 0.1) is 31.4 Å². The maximum absolute atomic E-state index is 12.8. The van der Waals surface area contributed by atoms with Crippen LogP contribution in [0.5, 0.6) is 17.2 Å². The summed E-state index contributed by atoms with van der Waals surface area (Å²) in [5.74, 6) is 2.72. The number of carbonyl (C=O) groups excluding carboxylic acids is 1. The molecule has 1 aromatic heterocycles. The molecule has 0 aliphatic carbocycles. The summed E-state index contributed by atoms with van der Waals surface area (Å²) in [6.07, 6.45) is 1.67. The number of benzene rings is 2. The zero-order valence-electron chi connectivity index (χ0n) is 25.3. The second-order valence-corrected chi connectivity index (χ2v) is 10.8. The number of ether oxygens (including phenoxy) is 5. The smallest absolute Gasteiger partial charge is 0.265 e. The Morgan fingerprint density at radius 1 is 0.930 bits per heavy atom. The third-order valence-corrected chi connectivity index (χ3v) is 7.32. The minimum Gasteiger partial charge on any atom is -0.491 e. The lowest BCUT2D eigenvalue weighted by molar-refractivity contribution is 0.0320. The molecule has 1 N–H and O–H groups in total. The van der Waals surface area contributed by atoms with E-state index in [1.165, 1.54) is 0 Å². The van der Waals surface area contributed by atoms with Crippen molar-refractivity contribution in [2.75, 3.05) is 90.9 Å². The first kappa shape index (κ1) is 30.7. The van der Waals surface area contributed by atoms with Crippen molar-refractivity contribution in [2.24, 2.45) is 0 Å². The summed E-state index contributed by atoms with van der Waals surface area (Å²) < 4.78 is 28.6. The van der Waals surface area contributed by atoms with Gasteiger partial charge in [-0.25, -0.2) is 15.0 Å². The molecule has 5 rings (SSSR count). The highest BCUT2D eigenvalue weighted by molar-refractivity contribution is 5.94. The van der Waals surface area contributed by atoms with Crippen LogP contribution in [0.15, 0.2) is 42.7 Å². The fourth-order valence-corrected chi connectivity index (χ4v) is 5.07. The van der Waals surface area contributed by atoms with Crippen LogP contribution in [0.3, 0.4) is 0 Å². The lowest BCUT2D eigenvalue weighted by Gasteiger charge is -2.35. The fourth-order valence-electron chi connectivity index (χ4n) is 5.07. The van der Waals surface area contributed by atoms with Crippen LogP contribution in [0.4, 0.5) is 5.82 Å². The molecule has 0 spiro atoms. The predicted octanol–water partition coefficient (Wildman–Crippen LogP) is 2.62. The van der Waals surface area contributed by atoms with Gasteiger partial charge >= 0.3 is 0 Å². The highest BCUT2D eigenvalue weighted by Gasteiger charge is 2.23. The number of piperazine rings is 1. The van der Waals surface area contributed by atoms with Gasteiger partial charge in [-0.2, -0.15) is 0 Å². The number of methoxy groups -OCH3 is 1. The van der Waals surface area contributed by atoms with Gasteiger partial charge in [0.25, 0.3) is 5.91 Å². The van der Waals surface area contributed by atoms with Gasteiger partial charge in [0.2, 0.25) is 0 Å². The highest BCUT2D eigenvalue weighted by Crippen LogP contribution is 2.35. The number of hydrogen-bond donors (Lipinski definition) is 1. The summed E-state index contributed by atoms with van der Waals surface area (Å²) >= 11 is 0. The topological polar surface area (TPSA) is 111 Å². The van der Waals surface area contributed by atoms with Crippen molar-refractivity contribution in [2.45, 2.75) is 20.0 Å². The Kier molecular flexibility index (Phi) is 10.8.